The van der Waals surface area contributed by atoms with Crippen LogP contribution in [0.1, 0.15) is 35.0 Å². The summed E-state index contributed by atoms with van der Waals surface area (Å²) in [4.78, 5) is 30.4. The highest BCUT2D eigenvalue weighted by molar-refractivity contribution is 5.93. The number of amides is 2. The van der Waals surface area contributed by atoms with Crippen molar-refractivity contribution < 1.29 is 9.59 Å². The number of nitrogens with zero attached hydrogens (tertiary/aromatic N) is 4. The first-order chi connectivity index (χ1) is 16.0. The third kappa shape index (κ3) is 5.16. The van der Waals surface area contributed by atoms with Crippen molar-refractivity contribution in [3.05, 3.63) is 77.6 Å². The van der Waals surface area contributed by atoms with Crippen molar-refractivity contribution in [2.75, 3.05) is 26.2 Å². The Hall–Kier alpha value is -3.41. The summed E-state index contributed by atoms with van der Waals surface area (Å²) in [6.07, 6.45) is 3.26. The summed E-state index contributed by atoms with van der Waals surface area (Å²) in [5, 5.41) is 4.29. The third-order valence-electron chi connectivity index (χ3n) is 6.30. The molecule has 0 bridgehead atoms. The second-order valence-corrected chi connectivity index (χ2v) is 8.88. The van der Waals surface area contributed by atoms with Crippen molar-refractivity contribution in [2.45, 2.75) is 26.7 Å². The molecule has 1 fully saturated rings. The zero-order chi connectivity index (χ0) is 23.4. The van der Waals surface area contributed by atoms with E-state index in [-0.39, 0.29) is 17.7 Å². The second kappa shape index (κ2) is 10.0. The van der Waals surface area contributed by atoms with Gasteiger partial charge >= 0.3 is 0 Å². The molecule has 0 unspecified atom stereocenters. The van der Waals surface area contributed by atoms with Gasteiger partial charge in [-0.25, -0.2) is 0 Å². The Labute approximate surface area is 195 Å². The van der Waals surface area contributed by atoms with Crippen LogP contribution in [0.2, 0.25) is 0 Å². The van der Waals surface area contributed by atoms with Crippen molar-refractivity contribution in [1.82, 2.24) is 19.6 Å². The highest BCUT2D eigenvalue weighted by atomic mass is 16.2. The number of carbonyl (C=O) groups excluding carboxylic acids is 2. The summed E-state index contributed by atoms with van der Waals surface area (Å²) in [7, 11) is 1.80. The molecule has 1 aromatic heterocycles. The molecule has 6 heteroatoms. The standard InChI is InChI=1S/C27H32N4O2/c1-4-14-30-16-17-31(27(33)25-13-15-29(3)28-25)19-23(26(30)32)18-22-7-5-6-8-24(22)21-11-9-20(2)10-12-21/h5-13,15,23H,4,14,16-19H2,1-3H3/t23-/m0/s1. The molecule has 1 aliphatic heterocycles. The van der Waals surface area contributed by atoms with Crippen LogP contribution in [0.5, 0.6) is 0 Å². The number of hydrogen-bond donors (Lipinski definition) is 0. The van der Waals surface area contributed by atoms with Gasteiger partial charge in [0.1, 0.15) is 5.69 Å². The molecule has 33 heavy (non-hydrogen) atoms. The van der Waals surface area contributed by atoms with E-state index in [1.54, 1.807) is 28.9 Å². The molecule has 0 saturated carbocycles. The molecule has 172 valence electrons. The molecule has 1 aliphatic rings. The van der Waals surface area contributed by atoms with Gasteiger partial charge in [0.15, 0.2) is 0 Å². The van der Waals surface area contributed by atoms with Crippen LogP contribution in [0, 0.1) is 12.8 Å². The summed E-state index contributed by atoms with van der Waals surface area (Å²) in [6, 6.07) is 18.5. The highest BCUT2D eigenvalue weighted by Crippen LogP contribution is 2.28. The average Bonchev–Trinajstić information content (AvgIpc) is 3.20. The molecule has 0 spiro atoms. The van der Waals surface area contributed by atoms with E-state index in [1.807, 2.05) is 17.0 Å². The van der Waals surface area contributed by atoms with Crippen molar-refractivity contribution >= 4 is 11.8 Å². The minimum absolute atomic E-state index is 0.112. The van der Waals surface area contributed by atoms with E-state index in [2.05, 4.69) is 55.3 Å². The van der Waals surface area contributed by atoms with Crippen LogP contribution < -0.4 is 0 Å². The maximum atomic E-state index is 13.5. The lowest BCUT2D eigenvalue weighted by molar-refractivity contribution is -0.134. The lowest BCUT2D eigenvalue weighted by atomic mass is 9.91. The zero-order valence-corrected chi connectivity index (χ0v) is 19.7. The number of benzene rings is 2. The van der Waals surface area contributed by atoms with Gasteiger partial charge in [0.25, 0.3) is 5.91 Å². The quantitative estimate of drug-likeness (QED) is 0.579. The minimum atomic E-state index is -0.293. The van der Waals surface area contributed by atoms with Crippen LogP contribution >= 0.6 is 0 Å². The maximum absolute atomic E-state index is 13.5. The van der Waals surface area contributed by atoms with Gasteiger partial charge in [-0.3, -0.25) is 14.3 Å². The third-order valence-corrected chi connectivity index (χ3v) is 6.30. The molecular formula is C27H32N4O2. The number of hydrogen-bond acceptors (Lipinski definition) is 3. The maximum Gasteiger partial charge on any atom is 0.274 e. The fourth-order valence-corrected chi connectivity index (χ4v) is 4.54. The van der Waals surface area contributed by atoms with Crippen molar-refractivity contribution in [1.29, 1.82) is 0 Å². The molecule has 0 radical (unpaired) electrons. The second-order valence-electron chi connectivity index (χ2n) is 8.88. The smallest absolute Gasteiger partial charge is 0.274 e. The fourth-order valence-electron chi connectivity index (χ4n) is 4.54. The van der Waals surface area contributed by atoms with Crippen LogP contribution in [-0.4, -0.2) is 57.6 Å². The number of carbonyl (C=O) groups is 2. The van der Waals surface area contributed by atoms with Gasteiger partial charge in [-0.15, -0.1) is 0 Å². The Kier molecular flexibility index (Phi) is 6.92. The van der Waals surface area contributed by atoms with Crippen LogP contribution in [-0.2, 0) is 18.3 Å². The largest absolute Gasteiger partial charge is 0.341 e. The summed E-state index contributed by atoms with van der Waals surface area (Å²) < 4.78 is 1.63. The van der Waals surface area contributed by atoms with Crippen LogP contribution in [0.4, 0.5) is 0 Å². The molecule has 2 amide bonds. The first-order valence-electron chi connectivity index (χ1n) is 11.7. The topological polar surface area (TPSA) is 58.4 Å². The summed E-state index contributed by atoms with van der Waals surface area (Å²) in [5.74, 6) is -0.274. The lowest BCUT2D eigenvalue weighted by Crippen LogP contribution is -2.38. The summed E-state index contributed by atoms with van der Waals surface area (Å²) >= 11 is 0. The van der Waals surface area contributed by atoms with E-state index in [1.165, 1.54) is 5.56 Å². The van der Waals surface area contributed by atoms with Gasteiger partial charge in [-0.2, -0.15) is 5.10 Å². The Balaban J connectivity index is 1.63. The van der Waals surface area contributed by atoms with Gasteiger partial charge < -0.3 is 9.80 Å². The zero-order valence-electron chi connectivity index (χ0n) is 19.7. The van der Waals surface area contributed by atoms with Crippen molar-refractivity contribution in [3.8, 4) is 11.1 Å². The summed E-state index contributed by atoms with van der Waals surface area (Å²) in [5.41, 5.74) is 5.05. The molecule has 6 nitrogen and oxygen atoms in total. The van der Waals surface area contributed by atoms with E-state index in [0.717, 1.165) is 23.1 Å². The van der Waals surface area contributed by atoms with E-state index < -0.39 is 0 Å². The molecule has 0 N–H and O–H groups in total. The number of rotatable bonds is 6. The molecule has 3 aromatic rings. The molecule has 4 rings (SSSR count). The predicted molar refractivity (Wildman–Crippen MR) is 130 cm³/mol. The van der Waals surface area contributed by atoms with Crippen LogP contribution in [0.25, 0.3) is 11.1 Å². The van der Waals surface area contributed by atoms with Gasteiger partial charge in [0.2, 0.25) is 5.91 Å². The van der Waals surface area contributed by atoms with Crippen LogP contribution in [0.15, 0.2) is 60.8 Å². The van der Waals surface area contributed by atoms with E-state index in [4.69, 9.17) is 0 Å². The van der Waals surface area contributed by atoms with Gasteiger partial charge in [0, 0.05) is 39.4 Å². The van der Waals surface area contributed by atoms with E-state index >= 15 is 0 Å². The van der Waals surface area contributed by atoms with Crippen molar-refractivity contribution in [3.63, 3.8) is 0 Å². The molecule has 2 heterocycles. The predicted octanol–water partition coefficient (Wildman–Crippen LogP) is 3.95. The van der Waals surface area contributed by atoms with Crippen LogP contribution in [0.3, 0.4) is 0 Å². The van der Waals surface area contributed by atoms with Crippen molar-refractivity contribution in [2.24, 2.45) is 13.0 Å². The summed E-state index contributed by atoms with van der Waals surface area (Å²) in [6.45, 7) is 6.35. The first kappa shape index (κ1) is 22.8. The van der Waals surface area contributed by atoms with Gasteiger partial charge in [-0.1, -0.05) is 61.0 Å². The fraction of sp³-hybridized carbons (Fsp3) is 0.370. The molecule has 1 atom stereocenters. The first-order valence-corrected chi connectivity index (χ1v) is 11.7. The normalized spacial score (nSPS) is 16.7. The molecule has 1 saturated heterocycles. The molecule has 2 aromatic carbocycles. The van der Waals surface area contributed by atoms with Gasteiger partial charge in [0.05, 0.1) is 5.92 Å². The Morgan fingerprint density at radius 2 is 1.82 bits per heavy atom. The van der Waals surface area contributed by atoms with E-state index in [9.17, 15) is 9.59 Å². The Bertz CT molecular complexity index is 1120. The lowest BCUT2D eigenvalue weighted by Gasteiger charge is -2.24. The monoisotopic (exact) mass is 444 g/mol. The van der Waals surface area contributed by atoms with Gasteiger partial charge in [-0.05, 0) is 42.5 Å². The highest BCUT2D eigenvalue weighted by Gasteiger charge is 2.33. The van der Waals surface area contributed by atoms with E-state index in [0.29, 0.717) is 38.3 Å². The number of aromatic nitrogens is 2. The molecule has 0 aliphatic carbocycles. The SMILES string of the molecule is CCCN1CCN(C(=O)c2ccn(C)n2)C[C@H](Cc2ccccc2-c2ccc(C)cc2)C1=O. The number of aryl methyl sites for hydroxylation is 2. The Morgan fingerprint density at radius 3 is 2.52 bits per heavy atom. The molecular weight excluding hydrogens is 412 g/mol. The Morgan fingerprint density at radius 1 is 1.06 bits per heavy atom. The minimum Gasteiger partial charge on any atom is -0.341 e. The average molecular weight is 445 g/mol.